The summed E-state index contributed by atoms with van der Waals surface area (Å²) in [6, 6.07) is 0. The number of hydrogen-bond acceptors (Lipinski definition) is 5. The number of carbonyl (C=O) groups excluding carboxylic acids is 2. The fourth-order valence-corrected chi connectivity index (χ4v) is 1.51. The summed E-state index contributed by atoms with van der Waals surface area (Å²) in [7, 11) is 3.20. The van der Waals surface area contributed by atoms with Gasteiger partial charge in [-0.2, -0.15) is 5.10 Å². The van der Waals surface area contributed by atoms with Crippen LogP contribution in [-0.2, 0) is 14.3 Å². The molecule has 2 amide bonds. The quantitative estimate of drug-likeness (QED) is 0.623. The molecule has 7 nitrogen and oxygen atoms in total. The zero-order chi connectivity index (χ0) is 13.5. The highest BCUT2D eigenvalue weighted by Crippen LogP contribution is 2.08. The Morgan fingerprint density at radius 2 is 2.22 bits per heavy atom. The number of nitrogens with zero attached hydrogens (tertiary/aromatic N) is 3. The third kappa shape index (κ3) is 4.08. The molecule has 1 aliphatic heterocycles. The molecule has 0 atom stereocenters. The molecule has 18 heavy (non-hydrogen) atoms. The minimum absolute atomic E-state index is 0.0305. The van der Waals surface area contributed by atoms with E-state index in [0.29, 0.717) is 31.7 Å². The maximum atomic E-state index is 12.0. The van der Waals surface area contributed by atoms with Crippen molar-refractivity contribution in [1.29, 1.82) is 0 Å². The Kier molecular flexibility index (Phi) is 5.73. The standard InChI is InChI=1S/C11H19N3O4/c1-13(5-7-18-8-6-15)11(17)9-3-4-10(16)14(2)12-9/h15H,3-8H2,1-2H3. The van der Waals surface area contributed by atoms with Gasteiger partial charge < -0.3 is 14.7 Å². The summed E-state index contributed by atoms with van der Waals surface area (Å²) in [5.74, 6) is -0.276. The normalized spacial score (nSPS) is 15.6. The fraction of sp³-hybridized carbons (Fsp3) is 0.727. The van der Waals surface area contributed by atoms with Gasteiger partial charge in [-0.25, -0.2) is 5.01 Å². The van der Waals surface area contributed by atoms with Gasteiger partial charge in [0, 0.05) is 33.5 Å². The van der Waals surface area contributed by atoms with E-state index < -0.39 is 0 Å². The number of likely N-dealkylation sites (N-methyl/N-ethyl adjacent to an activating group) is 1. The highest BCUT2D eigenvalue weighted by molar-refractivity contribution is 6.39. The predicted octanol–water partition coefficient (Wildman–Crippen LogP) is -0.938. The van der Waals surface area contributed by atoms with Crippen LogP contribution in [0.2, 0.25) is 0 Å². The molecule has 0 bridgehead atoms. The van der Waals surface area contributed by atoms with Crippen LogP contribution in [0.5, 0.6) is 0 Å². The Morgan fingerprint density at radius 1 is 1.50 bits per heavy atom. The van der Waals surface area contributed by atoms with Crippen molar-refractivity contribution in [2.24, 2.45) is 5.10 Å². The van der Waals surface area contributed by atoms with Crippen LogP contribution >= 0.6 is 0 Å². The topological polar surface area (TPSA) is 82.4 Å². The molecule has 0 radical (unpaired) electrons. The smallest absolute Gasteiger partial charge is 0.269 e. The SMILES string of the molecule is CN(CCOCCO)C(=O)C1=NN(C)C(=O)CC1. The molecule has 1 rings (SSSR count). The van der Waals surface area contributed by atoms with Gasteiger partial charge in [-0.05, 0) is 0 Å². The average molecular weight is 257 g/mol. The summed E-state index contributed by atoms with van der Waals surface area (Å²) in [4.78, 5) is 24.7. The van der Waals surface area contributed by atoms with Crippen LogP contribution in [0.4, 0.5) is 0 Å². The zero-order valence-corrected chi connectivity index (χ0v) is 10.8. The first kappa shape index (κ1) is 14.6. The van der Waals surface area contributed by atoms with E-state index in [0.717, 1.165) is 0 Å². The molecule has 102 valence electrons. The maximum Gasteiger partial charge on any atom is 0.269 e. The van der Waals surface area contributed by atoms with Gasteiger partial charge in [-0.3, -0.25) is 9.59 Å². The molecule has 1 N–H and O–H groups in total. The van der Waals surface area contributed by atoms with Gasteiger partial charge in [0.1, 0.15) is 5.71 Å². The molecule has 1 heterocycles. The lowest BCUT2D eigenvalue weighted by Gasteiger charge is -2.22. The molecule has 7 heteroatoms. The molecule has 0 aromatic rings. The van der Waals surface area contributed by atoms with E-state index in [2.05, 4.69) is 5.10 Å². The number of aliphatic hydroxyl groups excluding tert-OH is 1. The van der Waals surface area contributed by atoms with E-state index in [1.165, 1.54) is 9.91 Å². The number of hydrazone groups is 1. The van der Waals surface area contributed by atoms with E-state index in [9.17, 15) is 9.59 Å². The lowest BCUT2D eigenvalue weighted by molar-refractivity contribution is -0.130. The highest BCUT2D eigenvalue weighted by Gasteiger charge is 2.23. The lowest BCUT2D eigenvalue weighted by atomic mass is 10.1. The Balaban J connectivity index is 2.43. The third-order valence-corrected chi connectivity index (χ3v) is 2.61. The molecule has 0 aliphatic carbocycles. The Morgan fingerprint density at radius 3 is 2.83 bits per heavy atom. The van der Waals surface area contributed by atoms with Crippen LogP contribution in [0.25, 0.3) is 0 Å². The summed E-state index contributed by atoms with van der Waals surface area (Å²) in [5.41, 5.74) is 0.391. The van der Waals surface area contributed by atoms with Crippen molar-refractivity contribution in [3.8, 4) is 0 Å². The number of carbonyl (C=O) groups is 2. The second-order valence-electron chi connectivity index (χ2n) is 4.03. The van der Waals surface area contributed by atoms with Crippen molar-refractivity contribution in [2.75, 3.05) is 40.5 Å². The Hall–Kier alpha value is -1.47. The van der Waals surface area contributed by atoms with Gasteiger partial charge in [-0.1, -0.05) is 0 Å². The first-order chi connectivity index (χ1) is 8.56. The van der Waals surface area contributed by atoms with E-state index in [-0.39, 0.29) is 25.0 Å². The predicted molar refractivity (Wildman–Crippen MR) is 65.0 cm³/mol. The number of amides is 2. The van der Waals surface area contributed by atoms with Gasteiger partial charge in [0.05, 0.1) is 19.8 Å². The van der Waals surface area contributed by atoms with Gasteiger partial charge in [0.25, 0.3) is 5.91 Å². The van der Waals surface area contributed by atoms with Crippen molar-refractivity contribution in [2.45, 2.75) is 12.8 Å². The number of rotatable bonds is 6. The molecular weight excluding hydrogens is 238 g/mol. The van der Waals surface area contributed by atoms with Crippen molar-refractivity contribution in [3.05, 3.63) is 0 Å². The van der Waals surface area contributed by atoms with E-state index >= 15 is 0 Å². The molecule has 0 fully saturated rings. The first-order valence-corrected chi connectivity index (χ1v) is 5.84. The maximum absolute atomic E-state index is 12.0. The van der Waals surface area contributed by atoms with Gasteiger partial charge in [-0.15, -0.1) is 0 Å². The average Bonchev–Trinajstić information content (AvgIpc) is 2.37. The molecule has 0 saturated carbocycles. The summed E-state index contributed by atoms with van der Waals surface area (Å²) in [6.45, 7) is 1.03. The lowest BCUT2D eigenvalue weighted by Crippen LogP contribution is -2.40. The third-order valence-electron chi connectivity index (χ3n) is 2.61. The van der Waals surface area contributed by atoms with Crippen LogP contribution in [-0.4, -0.2) is 73.0 Å². The van der Waals surface area contributed by atoms with Crippen LogP contribution in [0.3, 0.4) is 0 Å². The minimum atomic E-state index is -0.193. The van der Waals surface area contributed by atoms with E-state index in [4.69, 9.17) is 9.84 Å². The molecule has 0 aromatic heterocycles. The first-order valence-electron chi connectivity index (χ1n) is 5.84. The summed E-state index contributed by atoms with van der Waals surface area (Å²) >= 11 is 0. The van der Waals surface area contributed by atoms with E-state index in [1.807, 2.05) is 0 Å². The molecule has 0 spiro atoms. The van der Waals surface area contributed by atoms with Crippen molar-refractivity contribution < 1.29 is 19.4 Å². The molecule has 0 aromatic carbocycles. The van der Waals surface area contributed by atoms with Crippen molar-refractivity contribution in [1.82, 2.24) is 9.91 Å². The largest absolute Gasteiger partial charge is 0.394 e. The second kappa shape index (κ2) is 7.07. The number of hydrogen-bond donors (Lipinski definition) is 1. The molecular formula is C11H19N3O4. The summed E-state index contributed by atoms with van der Waals surface area (Å²) in [5, 5.41) is 13.7. The molecule has 0 unspecified atom stereocenters. The van der Waals surface area contributed by atoms with Crippen molar-refractivity contribution in [3.63, 3.8) is 0 Å². The fourth-order valence-electron chi connectivity index (χ4n) is 1.51. The molecule has 0 saturated heterocycles. The number of aliphatic hydroxyl groups is 1. The second-order valence-corrected chi connectivity index (χ2v) is 4.03. The minimum Gasteiger partial charge on any atom is -0.394 e. The van der Waals surface area contributed by atoms with Gasteiger partial charge in [0.2, 0.25) is 5.91 Å². The van der Waals surface area contributed by atoms with Gasteiger partial charge >= 0.3 is 0 Å². The summed E-state index contributed by atoms with van der Waals surface area (Å²) in [6.07, 6.45) is 0.694. The van der Waals surface area contributed by atoms with Crippen LogP contribution in [0, 0.1) is 0 Å². The van der Waals surface area contributed by atoms with E-state index in [1.54, 1.807) is 14.1 Å². The monoisotopic (exact) mass is 257 g/mol. The Labute approximate surface area is 106 Å². The number of ether oxygens (including phenoxy) is 1. The van der Waals surface area contributed by atoms with Crippen molar-refractivity contribution >= 4 is 17.5 Å². The summed E-state index contributed by atoms with van der Waals surface area (Å²) < 4.78 is 5.08. The highest BCUT2D eigenvalue weighted by atomic mass is 16.5. The zero-order valence-electron chi connectivity index (χ0n) is 10.8. The van der Waals surface area contributed by atoms with Crippen LogP contribution in [0.15, 0.2) is 5.10 Å². The van der Waals surface area contributed by atoms with Gasteiger partial charge in [0.15, 0.2) is 0 Å². The molecule has 1 aliphatic rings. The van der Waals surface area contributed by atoms with Crippen LogP contribution < -0.4 is 0 Å². The van der Waals surface area contributed by atoms with Crippen LogP contribution in [0.1, 0.15) is 12.8 Å². The Bertz CT molecular complexity index is 343.